The molecule has 2 N–H and O–H groups in total. The van der Waals surface area contributed by atoms with E-state index in [1.165, 1.54) is 0 Å². The molecule has 1 unspecified atom stereocenters. The minimum atomic E-state index is -0.376. The Labute approximate surface area is 156 Å². The molecule has 1 heterocycles. The number of amides is 2. The van der Waals surface area contributed by atoms with Gasteiger partial charge in [0.25, 0.3) is 11.8 Å². The summed E-state index contributed by atoms with van der Waals surface area (Å²) in [4.78, 5) is 23.9. The Balaban J connectivity index is 1.46. The van der Waals surface area contributed by atoms with Crippen LogP contribution in [0.3, 0.4) is 0 Å². The zero-order chi connectivity index (χ0) is 18.4. The van der Waals surface area contributed by atoms with Crippen molar-refractivity contribution in [1.29, 1.82) is 0 Å². The molecule has 0 bridgehead atoms. The van der Waals surface area contributed by atoms with E-state index in [1.54, 1.807) is 48.5 Å². The Morgan fingerprint density at radius 2 is 1.69 bits per heavy atom. The SMILES string of the molecule is O=C(COc1ccc(Cl)cc1)Nc1ccc(NC(=O)C2CCCO2)cc1. The highest BCUT2D eigenvalue weighted by Crippen LogP contribution is 2.18. The van der Waals surface area contributed by atoms with E-state index in [-0.39, 0.29) is 24.5 Å². The van der Waals surface area contributed by atoms with Gasteiger partial charge in [0.1, 0.15) is 11.9 Å². The lowest BCUT2D eigenvalue weighted by atomic mass is 10.2. The van der Waals surface area contributed by atoms with Crippen LogP contribution in [0, 0.1) is 0 Å². The Hall–Kier alpha value is -2.57. The van der Waals surface area contributed by atoms with E-state index in [4.69, 9.17) is 21.1 Å². The van der Waals surface area contributed by atoms with Gasteiger partial charge in [0.15, 0.2) is 6.61 Å². The standard InChI is InChI=1S/C19H19ClN2O4/c20-13-3-9-16(10-4-13)26-12-18(23)21-14-5-7-15(8-6-14)22-19(24)17-2-1-11-25-17/h3-10,17H,1-2,11-12H2,(H,21,23)(H,22,24). The first-order valence-electron chi connectivity index (χ1n) is 8.31. The highest BCUT2D eigenvalue weighted by molar-refractivity contribution is 6.30. The van der Waals surface area contributed by atoms with Gasteiger partial charge in [-0.1, -0.05) is 11.6 Å². The van der Waals surface area contributed by atoms with E-state index in [1.807, 2.05) is 0 Å². The van der Waals surface area contributed by atoms with Crippen LogP contribution in [0.5, 0.6) is 5.75 Å². The topological polar surface area (TPSA) is 76.7 Å². The first kappa shape index (κ1) is 18.2. The van der Waals surface area contributed by atoms with Gasteiger partial charge in [-0.15, -0.1) is 0 Å². The second-order valence-corrected chi connectivity index (χ2v) is 6.30. The maximum Gasteiger partial charge on any atom is 0.262 e. The van der Waals surface area contributed by atoms with E-state index >= 15 is 0 Å². The molecule has 2 aromatic rings. The highest BCUT2D eigenvalue weighted by Gasteiger charge is 2.23. The number of anilines is 2. The lowest BCUT2D eigenvalue weighted by molar-refractivity contribution is -0.124. The predicted molar refractivity (Wildman–Crippen MR) is 99.6 cm³/mol. The normalized spacial score (nSPS) is 16.1. The molecule has 6 nitrogen and oxygen atoms in total. The van der Waals surface area contributed by atoms with Crippen molar-refractivity contribution < 1.29 is 19.1 Å². The molecule has 3 rings (SSSR count). The van der Waals surface area contributed by atoms with Gasteiger partial charge in [-0.25, -0.2) is 0 Å². The minimum absolute atomic E-state index is 0.112. The van der Waals surface area contributed by atoms with E-state index in [2.05, 4.69) is 10.6 Å². The molecule has 2 amide bonds. The van der Waals surface area contributed by atoms with E-state index in [0.717, 1.165) is 12.8 Å². The van der Waals surface area contributed by atoms with Crippen molar-refractivity contribution in [3.05, 3.63) is 53.6 Å². The first-order valence-corrected chi connectivity index (χ1v) is 8.69. The molecule has 1 fully saturated rings. The molecule has 0 aliphatic carbocycles. The number of carbonyl (C=O) groups is 2. The zero-order valence-electron chi connectivity index (χ0n) is 14.0. The molecule has 1 aliphatic heterocycles. The number of halogens is 1. The molecule has 0 aromatic heterocycles. The minimum Gasteiger partial charge on any atom is -0.484 e. The molecule has 1 saturated heterocycles. The number of hydrogen-bond donors (Lipinski definition) is 2. The first-order chi connectivity index (χ1) is 12.6. The summed E-state index contributed by atoms with van der Waals surface area (Å²) in [6.07, 6.45) is 1.27. The third-order valence-electron chi connectivity index (χ3n) is 3.84. The fourth-order valence-corrected chi connectivity index (χ4v) is 2.65. The van der Waals surface area contributed by atoms with Crippen LogP contribution in [-0.4, -0.2) is 31.1 Å². The summed E-state index contributed by atoms with van der Waals surface area (Å²) in [5.41, 5.74) is 1.27. The maximum absolute atomic E-state index is 12.0. The average Bonchev–Trinajstić information content (AvgIpc) is 3.18. The van der Waals surface area contributed by atoms with E-state index < -0.39 is 0 Å². The summed E-state index contributed by atoms with van der Waals surface area (Å²) in [7, 11) is 0. The molecule has 1 aliphatic rings. The Bertz CT molecular complexity index is 756. The van der Waals surface area contributed by atoms with Gasteiger partial charge in [-0.05, 0) is 61.4 Å². The monoisotopic (exact) mass is 374 g/mol. The van der Waals surface area contributed by atoms with Crippen LogP contribution in [0.1, 0.15) is 12.8 Å². The van der Waals surface area contributed by atoms with E-state index in [9.17, 15) is 9.59 Å². The fourth-order valence-electron chi connectivity index (χ4n) is 2.52. The van der Waals surface area contributed by atoms with Crippen molar-refractivity contribution in [1.82, 2.24) is 0 Å². The summed E-state index contributed by atoms with van der Waals surface area (Å²) in [6, 6.07) is 13.7. The van der Waals surface area contributed by atoms with Crippen LogP contribution in [0.25, 0.3) is 0 Å². The molecule has 0 radical (unpaired) electrons. The van der Waals surface area contributed by atoms with Crippen LogP contribution < -0.4 is 15.4 Å². The lowest BCUT2D eigenvalue weighted by Crippen LogP contribution is -2.26. The summed E-state index contributed by atoms with van der Waals surface area (Å²) in [6.45, 7) is 0.514. The van der Waals surface area contributed by atoms with Crippen molar-refractivity contribution in [3.8, 4) is 5.75 Å². The van der Waals surface area contributed by atoms with Crippen molar-refractivity contribution in [2.45, 2.75) is 18.9 Å². The van der Waals surface area contributed by atoms with Gasteiger partial charge in [-0.3, -0.25) is 9.59 Å². The Morgan fingerprint density at radius 1 is 1.04 bits per heavy atom. The molecule has 0 saturated carbocycles. The Morgan fingerprint density at radius 3 is 2.31 bits per heavy atom. The fraction of sp³-hybridized carbons (Fsp3) is 0.263. The molecule has 26 heavy (non-hydrogen) atoms. The molecule has 7 heteroatoms. The van der Waals surface area contributed by atoms with Gasteiger partial charge in [0, 0.05) is 23.0 Å². The second-order valence-electron chi connectivity index (χ2n) is 5.86. The summed E-state index contributed by atoms with van der Waals surface area (Å²) < 4.78 is 10.7. The highest BCUT2D eigenvalue weighted by atomic mass is 35.5. The van der Waals surface area contributed by atoms with Gasteiger partial charge in [0.05, 0.1) is 0 Å². The largest absolute Gasteiger partial charge is 0.484 e. The third kappa shape index (κ3) is 5.21. The molecular weight excluding hydrogens is 356 g/mol. The van der Waals surface area contributed by atoms with Gasteiger partial charge in [0.2, 0.25) is 0 Å². The third-order valence-corrected chi connectivity index (χ3v) is 4.09. The van der Waals surface area contributed by atoms with Gasteiger partial charge >= 0.3 is 0 Å². The van der Waals surface area contributed by atoms with Crippen LogP contribution in [0.2, 0.25) is 5.02 Å². The van der Waals surface area contributed by atoms with E-state index in [0.29, 0.717) is 28.8 Å². The van der Waals surface area contributed by atoms with Crippen LogP contribution in [0.15, 0.2) is 48.5 Å². The maximum atomic E-state index is 12.0. The molecule has 0 spiro atoms. The van der Waals surface area contributed by atoms with Crippen LogP contribution in [0.4, 0.5) is 11.4 Å². The molecular formula is C19H19ClN2O4. The Kier molecular flexibility index (Phi) is 6.09. The van der Waals surface area contributed by atoms with Crippen molar-refractivity contribution in [2.75, 3.05) is 23.8 Å². The summed E-state index contributed by atoms with van der Waals surface area (Å²) in [5.74, 6) is 0.142. The zero-order valence-corrected chi connectivity index (χ0v) is 14.8. The summed E-state index contributed by atoms with van der Waals surface area (Å²) >= 11 is 5.79. The number of ether oxygens (including phenoxy) is 2. The predicted octanol–water partition coefficient (Wildman–Crippen LogP) is 3.48. The van der Waals surface area contributed by atoms with Crippen LogP contribution in [-0.2, 0) is 14.3 Å². The van der Waals surface area contributed by atoms with Gasteiger partial charge in [-0.2, -0.15) is 0 Å². The average molecular weight is 375 g/mol. The van der Waals surface area contributed by atoms with Crippen molar-refractivity contribution in [2.24, 2.45) is 0 Å². The molecule has 1 atom stereocenters. The van der Waals surface area contributed by atoms with Crippen molar-refractivity contribution >= 4 is 34.8 Å². The number of hydrogen-bond acceptors (Lipinski definition) is 4. The number of rotatable bonds is 6. The lowest BCUT2D eigenvalue weighted by Gasteiger charge is -2.11. The second kappa shape index (κ2) is 8.69. The number of benzene rings is 2. The smallest absolute Gasteiger partial charge is 0.262 e. The number of nitrogens with one attached hydrogen (secondary N) is 2. The number of carbonyl (C=O) groups excluding carboxylic acids is 2. The van der Waals surface area contributed by atoms with Gasteiger partial charge < -0.3 is 20.1 Å². The van der Waals surface area contributed by atoms with Crippen molar-refractivity contribution in [3.63, 3.8) is 0 Å². The molecule has 2 aromatic carbocycles. The molecule has 136 valence electrons. The quantitative estimate of drug-likeness (QED) is 0.811. The summed E-state index contributed by atoms with van der Waals surface area (Å²) in [5, 5.41) is 6.14. The van der Waals surface area contributed by atoms with Crippen LogP contribution >= 0.6 is 11.6 Å².